The summed E-state index contributed by atoms with van der Waals surface area (Å²) in [6, 6.07) is 16.8. The van der Waals surface area contributed by atoms with Gasteiger partial charge in [-0.15, -0.1) is 0 Å². The highest BCUT2D eigenvalue weighted by molar-refractivity contribution is 5.99. The van der Waals surface area contributed by atoms with Crippen LogP contribution in [0.25, 0.3) is 0 Å². The van der Waals surface area contributed by atoms with E-state index in [2.05, 4.69) is 5.32 Å². The van der Waals surface area contributed by atoms with Crippen LogP contribution in [0.1, 0.15) is 22.3 Å². The minimum Gasteiger partial charge on any atom is -0.345 e. The van der Waals surface area contributed by atoms with Crippen LogP contribution in [0, 0.1) is 5.92 Å². The van der Waals surface area contributed by atoms with E-state index in [1.807, 2.05) is 30.3 Å². The Morgan fingerprint density at radius 3 is 2.57 bits per heavy atom. The van der Waals surface area contributed by atoms with Gasteiger partial charge in [0, 0.05) is 44.9 Å². The van der Waals surface area contributed by atoms with Crippen LogP contribution in [0.15, 0.2) is 54.6 Å². The van der Waals surface area contributed by atoms with Gasteiger partial charge in [0.25, 0.3) is 5.91 Å². The Morgan fingerprint density at radius 2 is 1.86 bits per heavy atom. The molecule has 1 aliphatic heterocycles. The quantitative estimate of drug-likeness (QED) is 0.838. The van der Waals surface area contributed by atoms with Gasteiger partial charge in [-0.05, 0) is 30.2 Å². The van der Waals surface area contributed by atoms with Crippen molar-refractivity contribution in [1.29, 1.82) is 0 Å². The second-order valence-corrected chi connectivity index (χ2v) is 7.25. The summed E-state index contributed by atoms with van der Waals surface area (Å²) in [4.78, 5) is 40.2. The highest BCUT2D eigenvalue weighted by Crippen LogP contribution is 2.21. The second-order valence-electron chi connectivity index (χ2n) is 7.25. The molecule has 6 nitrogen and oxygen atoms in total. The Labute approximate surface area is 165 Å². The van der Waals surface area contributed by atoms with Crippen molar-refractivity contribution in [2.24, 2.45) is 5.92 Å². The fraction of sp³-hybridized carbons (Fsp3) is 0.318. The first-order chi connectivity index (χ1) is 13.4. The molecule has 1 N–H and O–H groups in total. The number of hydrogen-bond donors (Lipinski definition) is 1. The fourth-order valence-corrected chi connectivity index (χ4v) is 3.31. The maximum Gasteiger partial charge on any atom is 0.253 e. The van der Waals surface area contributed by atoms with Crippen LogP contribution < -0.4 is 5.32 Å². The third-order valence-corrected chi connectivity index (χ3v) is 4.88. The Hall–Kier alpha value is -3.15. The van der Waals surface area contributed by atoms with Crippen LogP contribution >= 0.6 is 0 Å². The summed E-state index contributed by atoms with van der Waals surface area (Å²) in [6.07, 6.45) is 0.993. The van der Waals surface area contributed by atoms with E-state index in [9.17, 15) is 14.4 Å². The molecule has 2 aromatic rings. The molecule has 28 heavy (non-hydrogen) atoms. The Morgan fingerprint density at radius 1 is 1.11 bits per heavy atom. The molecule has 1 atom stereocenters. The van der Waals surface area contributed by atoms with Crippen molar-refractivity contribution >= 4 is 23.4 Å². The van der Waals surface area contributed by atoms with Gasteiger partial charge in [0.15, 0.2) is 0 Å². The van der Waals surface area contributed by atoms with Crippen LogP contribution in [-0.2, 0) is 16.0 Å². The Kier molecular flexibility index (Phi) is 6.09. The molecule has 0 aromatic heterocycles. The molecular formula is C22H25N3O3. The van der Waals surface area contributed by atoms with Crippen LogP contribution in [0.3, 0.4) is 0 Å². The molecule has 1 heterocycles. The first kappa shape index (κ1) is 19.6. The third-order valence-electron chi connectivity index (χ3n) is 4.88. The minimum absolute atomic E-state index is 0.00705. The van der Waals surface area contributed by atoms with Gasteiger partial charge in [0.1, 0.15) is 0 Å². The lowest BCUT2D eigenvalue weighted by atomic mass is 10.1. The molecule has 146 valence electrons. The van der Waals surface area contributed by atoms with E-state index in [1.165, 1.54) is 10.5 Å². The smallest absolute Gasteiger partial charge is 0.253 e. The average Bonchev–Trinajstić information content (AvgIpc) is 3.07. The fourth-order valence-electron chi connectivity index (χ4n) is 3.31. The number of nitrogens with zero attached hydrogens (tertiary/aromatic N) is 2. The molecule has 0 aliphatic carbocycles. The van der Waals surface area contributed by atoms with Crippen molar-refractivity contribution < 1.29 is 14.4 Å². The lowest BCUT2D eigenvalue weighted by Crippen LogP contribution is -2.30. The Balaban J connectivity index is 1.57. The number of carbonyl (C=O) groups is 3. The first-order valence-electron chi connectivity index (χ1n) is 9.38. The lowest BCUT2D eigenvalue weighted by molar-refractivity contribution is -0.128. The number of benzene rings is 2. The lowest BCUT2D eigenvalue weighted by Gasteiger charge is -2.17. The molecule has 6 heteroatoms. The summed E-state index contributed by atoms with van der Waals surface area (Å²) in [5.41, 5.74) is 2.24. The van der Waals surface area contributed by atoms with Gasteiger partial charge in [-0.1, -0.05) is 36.4 Å². The van der Waals surface area contributed by atoms with Gasteiger partial charge in [0.05, 0.1) is 5.92 Å². The molecule has 0 bridgehead atoms. The zero-order valence-corrected chi connectivity index (χ0v) is 16.2. The standard InChI is InChI=1S/C22H25N3O3/c1-24(2)22(28)17-9-6-10-19(13-17)23-21(27)18-14-20(26)25(15-18)12-11-16-7-4-3-5-8-16/h3-10,13,18H,11-12,14-15H2,1-2H3,(H,23,27)/t18-/m0/s1. The summed E-state index contributed by atoms with van der Waals surface area (Å²) < 4.78 is 0. The van der Waals surface area contributed by atoms with Crippen molar-refractivity contribution in [2.75, 3.05) is 32.5 Å². The van der Waals surface area contributed by atoms with Crippen molar-refractivity contribution in [3.8, 4) is 0 Å². The second kappa shape index (κ2) is 8.69. The van der Waals surface area contributed by atoms with Gasteiger partial charge < -0.3 is 15.1 Å². The van der Waals surface area contributed by atoms with E-state index in [0.29, 0.717) is 24.3 Å². The van der Waals surface area contributed by atoms with E-state index < -0.39 is 0 Å². The molecule has 3 rings (SSSR count). The Bertz CT molecular complexity index is 864. The number of nitrogens with one attached hydrogen (secondary N) is 1. The normalized spacial score (nSPS) is 16.1. The summed E-state index contributed by atoms with van der Waals surface area (Å²) in [6.45, 7) is 1.03. The summed E-state index contributed by atoms with van der Waals surface area (Å²) in [5.74, 6) is -0.687. The number of rotatable bonds is 6. The maximum absolute atomic E-state index is 12.6. The maximum atomic E-state index is 12.6. The molecule has 3 amide bonds. The van der Waals surface area contributed by atoms with Crippen molar-refractivity contribution in [2.45, 2.75) is 12.8 Å². The number of anilines is 1. The SMILES string of the molecule is CN(C)C(=O)c1cccc(NC(=O)[C@H]2CC(=O)N(CCc3ccccc3)C2)c1. The largest absolute Gasteiger partial charge is 0.345 e. The van der Waals surface area contributed by atoms with Crippen LogP contribution in [0.5, 0.6) is 0 Å². The van der Waals surface area contributed by atoms with Gasteiger partial charge >= 0.3 is 0 Å². The molecule has 1 aliphatic rings. The molecule has 0 unspecified atom stereocenters. The van der Waals surface area contributed by atoms with Crippen molar-refractivity contribution in [1.82, 2.24) is 9.80 Å². The van der Waals surface area contributed by atoms with E-state index in [-0.39, 0.29) is 30.1 Å². The highest BCUT2D eigenvalue weighted by atomic mass is 16.2. The van der Waals surface area contributed by atoms with Gasteiger partial charge in [-0.2, -0.15) is 0 Å². The molecule has 0 saturated carbocycles. The third kappa shape index (κ3) is 4.76. The average molecular weight is 379 g/mol. The van der Waals surface area contributed by atoms with Crippen LogP contribution in [0.4, 0.5) is 5.69 Å². The zero-order valence-electron chi connectivity index (χ0n) is 16.2. The number of hydrogen-bond acceptors (Lipinski definition) is 3. The molecular weight excluding hydrogens is 354 g/mol. The summed E-state index contributed by atoms with van der Waals surface area (Å²) >= 11 is 0. The van der Waals surface area contributed by atoms with Crippen molar-refractivity contribution in [3.63, 3.8) is 0 Å². The molecule has 2 aromatic carbocycles. The number of carbonyl (C=O) groups excluding carboxylic acids is 3. The molecule has 1 saturated heterocycles. The number of amides is 3. The van der Waals surface area contributed by atoms with Crippen molar-refractivity contribution in [3.05, 3.63) is 65.7 Å². The van der Waals surface area contributed by atoms with E-state index in [0.717, 1.165) is 6.42 Å². The van der Waals surface area contributed by atoms with Gasteiger partial charge in [0.2, 0.25) is 11.8 Å². The predicted octanol–water partition coefficient (Wildman–Crippen LogP) is 2.42. The molecule has 1 fully saturated rings. The topological polar surface area (TPSA) is 69.7 Å². The zero-order chi connectivity index (χ0) is 20.1. The monoisotopic (exact) mass is 379 g/mol. The summed E-state index contributed by atoms with van der Waals surface area (Å²) in [7, 11) is 3.36. The van der Waals surface area contributed by atoms with Crippen LogP contribution in [0.2, 0.25) is 0 Å². The van der Waals surface area contributed by atoms with E-state index in [1.54, 1.807) is 43.3 Å². The number of likely N-dealkylation sites (tertiary alicyclic amines) is 1. The summed E-state index contributed by atoms with van der Waals surface area (Å²) in [5, 5.41) is 2.84. The minimum atomic E-state index is -0.378. The van der Waals surface area contributed by atoms with Crippen LogP contribution in [-0.4, -0.2) is 54.7 Å². The van der Waals surface area contributed by atoms with Gasteiger partial charge in [-0.25, -0.2) is 0 Å². The van der Waals surface area contributed by atoms with E-state index >= 15 is 0 Å². The highest BCUT2D eigenvalue weighted by Gasteiger charge is 2.34. The molecule has 0 spiro atoms. The van der Waals surface area contributed by atoms with Gasteiger partial charge in [-0.3, -0.25) is 14.4 Å². The van der Waals surface area contributed by atoms with E-state index in [4.69, 9.17) is 0 Å². The molecule has 0 radical (unpaired) electrons. The first-order valence-corrected chi connectivity index (χ1v) is 9.38. The predicted molar refractivity (Wildman–Crippen MR) is 108 cm³/mol.